The van der Waals surface area contributed by atoms with Crippen LogP contribution < -0.4 is 10.0 Å². The molecule has 1 saturated heterocycles. The molecule has 0 spiro atoms. The van der Waals surface area contributed by atoms with Crippen molar-refractivity contribution in [1.29, 1.82) is 0 Å². The van der Waals surface area contributed by atoms with Gasteiger partial charge in [-0.1, -0.05) is 12.1 Å². The van der Waals surface area contributed by atoms with E-state index in [1.807, 2.05) is 0 Å². The van der Waals surface area contributed by atoms with Crippen LogP contribution in [0.3, 0.4) is 0 Å². The van der Waals surface area contributed by atoms with Gasteiger partial charge in [-0.3, -0.25) is 9.59 Å². The van der Waals surface area contributed by atoms with Gasteiger partial charge in [-0.25, -0.2) is 13.1 Å². The summed E-state index contributed by atoms with van der Waals surface area (Å²) in [6, 6.07) is 9.22. The van der Waals surface area contributed by atoms with E-state index in [1.54, 1.807) is 41.3 Å². The minimum atomic E-state index is -3.49. The molecule has 1 atom stereocenters. The van der Waals surface area contributed by atoms with Crippen LogP contribution in [0.2, 0.25) is 0 Å². The van der Waals surface area contributed by atoms with Crippen molar-refractivity contribution in [3.8, 4) is 0 Å². The SMILES string of the molecule is O=C(NCc1ccc(S(=O)(=O)NC2CC2)cc1)C1CCCCN1C(=O)c1ccco1. The monoisotopic (exact) mass is 431 g/mol. The summed E-state index contributed by atoms with van der Waals surface area (Å²) in [5.41, 5.74) is 0.786. The Morgan fingerprint density at radius 2 is 1.83 bits per heavy atom. The third kappa shape index (κ3) is 4.73. The van der Waals surface area contributed by atoms with Crippen molar-refractivity contribution in [3.05, 3.63) is 54.0 Å². The second-order valence-electron chi connectivity index (χ2n) is 7.74. The van der Waals surface area contributed by atoms with E-state index < -0.39 is 16.1 Å². The number of piperidine rings is 1. The summed E-state index contributed by atoms with van der Waals surface area (Å²) >= 11 is 0. The molecule has 2 N–H and O–H groups in total. The number of carbonyl (C=O) groups excluding carboxylic acids is 2. The molecule has 8 nitrogen and oxygen atoms in total. The molecule has 0 radical (unpaired) electrons. The lowest BCUT2D eigenvalue weighted by atomic mass is 10.0. The van der Waals surface area contributed by atoms with Crippen LogP contribution in [0.25, 0.3) is 0 Å². The highest BCUT2D eigenvalue weighted by atomic mass is 32.2. The number of nitrogens with one attached hydrogen (secondary N) is 2. The third-order valence-corrected chi connectivity index (χ3v) is 6.93. The van der Waals surface area contributed by atoms with Crippen LogP contribution in [0.15, 0.2) is 52.0 Å². The number of sulfonamides is 1. The molecule has 4 rings (SSSR count). The molecule has 1 aliphatic carbocycles. The number of amides is 2. The van der Waals surface area contributed by atoms with Gasteiger partial charge in [-0.05, 0) is 61.9 Å². The van der Waals surface area contributed by atoms with Crippen LogP contribution in [0.5, 0.6) is 0 Å². The molecule has 1 aromatic carbocycles. The van der Waals surface area contributed by atoms with Gasteiger partial charge in [0.15, 0.2) is 5.76 Å². The number of carbonyl (C=O) groups is 2. The van der Waals surface area contributed by atoms with Gasteiger partial charge < -0.3 is 14.6 Å². The first kappa shape index (κ1) is 20.6. The lowest BCUT2D eigenvalue weighted by Crippen LogP contribution is -2.51. The molecular weight excluding hydrogens is 406 g/mol. The number of likely N-dealkylation sites (tertiary alicyclic amines) is 1. The fraction of sp³-hybridized carbons (Fsp3) is 0.429. The maximum absolute atomic E-state index is 12.8. The Morgan fingerprint density at radius 1 is 1.07 bits per heavy atom. The predicted octanol–water partition coefficient (Wildman–Crippen LogP) is 2.03. The topological polar surface area (TPSA) is 109 Å². The van der Waals surface area contributed by atoms with E-state index in [2.05, 4.69) is 10.0 Å². The van der Waals surface area contributed by atoms with Crippen molar-refractivity contribution in [2.24, 2.45) is 0 Å². The molecule has 2 heterocycles. The highest BCUT2D eigenvalue weighted by molar-refractivity contribution is 7.89. The maximum atomic E-state index is 12.8. The largest absolute Gasteiger partial charge is 0.459 e. The van der Waals surface area contributed by atoms with E-state index in [1.165, 1.54) is 6.26 Å². The van der Waals surface area contributed by atoms with Crippen molar-refractivity contribution in [2.75, 3.05) is 6.54 Å². The zero-order valence-corrected chi connectivity index (χ0v) is 17.4. The van der Waals surface area contributed by atoms with Crippen molar-refractivity contribution in [2.45, 2.75) is 55.6 Å². The van der Waals surface area contributed by atoms with Crippen LogP contribution in [-0.4, -0.2) is 43.8 Å². The Kier molecular flexibility index (Phi) is 5.92. The summed E-state index contributed by atoms with van der Waals surface area (Å²) in [5, 5.41) is 2.87. The van der Waals surface area contributed by atoms with Gasteiger partial charge in [0.25, 0.3) is 5.91 Å². The Hall–Kier alpha value is -2.65. The van der Waals surface area contributed by atoms with Crippen LogP contribution >= 0.6 is 0 Å². The van der Waals surface area contributed by atoms with Gasteiger partial charge in [0.05, 0.1) is 11.2 Å². The smallest absolute Gasteiger partial charge is 0.290 e. The summed E-state index contributed by atoms with van der Waals surface area (Å²) < 4.78 is 32.3. The average Bonchev–Trinajstić information content (AvgIpc) is 3.38. The normalized spacial score (nSPS) is 19.5. The number of rotatable bonds is 7. The molecule has 1 aliphatic heterocycles. The molecule has 1 saturated carbocycles. The second-order valence-corrected chi connectivity index (χ2v) is 9.46. The zero-order valence-electron chi connectivity index (χ0n) is 16.5. The molecule has 9 heteroatoms. The van der Waals surface area contributed by atoms with Crippen molar-refractivity contribution in [3.63, 3.8) is 0 Å². The van der Waals surface area contributed by atoms with Crippen LogP contribution in [0.4, 0.5) is 0 Å². The standard InChI is InChI=1S/C21H25N3O5S/c25-20(18-4-1-2-12-24(18)21(26)19-5-3-13-29-19)22-14-15-6-10-17(11-7-15)30(27,28)23-16-8-9-16/h3,5-7,10-11,13,16,18,23H,1-2,4,8-9,12,14H2,(H,22,25). The Balaban J connectivity index is 1.36. The number of hydrogen-bond acceptors (Lipinski definition) is 5. The van der Waals surface area contributed by atoms with Gasteiger partial charge >= 0.3 is 0 Å². The fourth-order valence-corrected chi connectivity index (χ4v) is 4.88. The fourth-order valence-electron chi connectivity index (χ4n) is 3.57. The Labute approximate surface area is 175 Å². The molecule has 2 fully saturated rings. The summed E-state index contributed by atoms with van der Waals surface area (Å²) in [4.78, 5) is 27.2. The molecule has 1 aromatic heterocycles. The van der Waals surface area contributed by atoms with E-state index >= 15 is 0 Å². The molecule has 2 aliphatic rings. The summed E-state index contributed by atoms with van der Waals surface area (Å²) in [7, 11) is -3.49. The molecular formula is C21H25N3O5S. The van der Waals surface area contributed by atoms with Gasteiger partial charge in [-0.15, -0.1) is 0 Å². The Bertz CT molecular complexity index is 998. The quantitative estimate of drug-likeness (QED) is 0.697. The van der Waals surface area contributed by atoms with E-state index in [0.717, 1.165) is 31.2 Å². The van der Waals surface area contributed by atoms with Crippen molar-refractivity contribution >= 4 is 21.8 Å². The summed E-state index contributed by atoms with van der Waals surface area (Å²) in [6.07, 6.45) is 5.52. The first-order valence-electron chi connectivity index (χ1n) is 10.2. The molecule has 0 bridgehead atoms. The van der Waals surface area contributed by atoms with E-state index in [9.17, 15) is 18.0 Å². The van der Waals surface area contributed by atoms with Crippen LogP contribution in [0.1, 0.15) is 48.2 Å². The molecule has 1 unspecified atom stereocenters. The minimum Gasteiger partial charge on any atom is -0.459 e. The van der Waals surface area contributed by atoms with Gasteiger partial charge in [0.1, 0.15) is 6.04 Å². The van der Waals surface area contributed by atoms with Crippen molar-refractivity contribution in [1.82, 2.24) is 14.9 Å². The third-order valence-electron chi connectivity index (χ3n) is 5.40. The zero-order chi connectivity index (χ0) is 21.1. The van der Waals surface area contributed by atoms with Crippen LogP contribution in [-0.2, 0) is 21.4 Å². The van der Waals surface area contributed by atoms with E-state index in [4.69, 9.17) is 4.42 Å². The molecule has 30 heavy (non-hydrogen) atoms. The highest BCUT2D eigenvalue weighted by Gasteiger charge is 2.33. The van der Waals surface area contributed by atoms with E-state index in [0.29, 0.717) is 13.0 Å². The van der Waals surface area contributed by atoms with E-state index in [-0.39, 0.29) is 35.1 Å². The predicted molar refractivity (Wildman–Crippen MR) is 109 cm³/mol. The van der Waals surface area contributed by atoms with Crippen molar-refractivity contribution < 1.29 is 22.4 Å². The average molecular weight is 432 g/mol. The summed E-state index contributed by atoms with van der Waals surface area (Å²) in [5.74, 6) is -0.273. The summed E-state index contributed by atoms with van der Waals surface area (Å²) in [6.45, 7) is 0.771. The number of hydrogen-bond donors (Lipinski definition) is 2. The lowest BCUT2D eigenvalue weighted by Gasteiger charge is -2.34. The number of furan rings is 1. The highest BCUT2D eigenvalue weighted by Crippen LogP contribution is 2.23. The number of nitrogens with zero attached hydrogens (tertiary/aromatic N) is 1. The van der Waals surface area contributed by atoms with Gasteiger partial charge in [-0.2, -0.15) is 0 Å². The minimum absolute atomic E-state index is 0.0521. The molecule has 2 aromatic rings. The second kappa shape index (κ2) is 8.61. The van der Waals surface area contributed by atoms with Gasteiger partial charge in [0.2, 0.25) is 15.9 Å². The maximum Gasteiger partial charge on any atom is 0.290 e. The van der Waals surface area contributed by atoms with Gasteiger partial charge in [0, 0.05) is 19.1 Å². The Morgan fingerprint density at radius 3 is 2.50 bits per heavy atom. The first-order chi connectivity index (χ1) is 14.4. The molecule has 160 valence electrons. The van der Waals surface area contributed by atoms with Crippen LogP contribution in [0, 0.1) is 0 Å². The molecule has 2 amide bonds. The first-order valence-corrected chi connectivity index (χ1v) is 11.7. The lowest BCUT2D eigenvalue weighted by molar-refractivity contribution is -0.126. The number of benzene rings is 1.